The van der Waals surface area contributed by atoms with E-state index in [1.165, 1.54) is 12.4 Å². The molecule has 4 aromatic rings. The van der Waals surface area contributed by atoms with Crippen LogP contribution in [0, 0.1) is 25.5 Å². The average molecular weight is 755 g/mol. The second-order valence-electron chi connectivity index (χ2n) is 14.7. The molecule has 2 atom stereocenters. The normalized spacial score (nSPS) is 20.2. The van der Waals surface area contributed by atoms with E-state index in [9.17, 15) is 29.4 Å². The summed E-state index contributed by atoms with van der Waals surface area (Å²) in [5.74, 6) is -3.42. The fraction of sp³-hybridized carbons (Fsp3) is 0.474. The molecule has 284 valence electrons. The number of aromatic nitrogens is 2. The lowest BCUT2D eigenvalue weighted by atomic mass is 10.0. The van der Waals surface area contributed by atoms with E-state index < -0.39 is 34.4 Å². The van der Waals surface area contributed by atoms with Crippen molar-refractivity contribution >= 4 is 57.5 Å². The van der Waals surface area contributed by atoms with E-state index >= 15 is 8.78 Å². The van der Waals surface area contributed by atoms with E-state index in [-0.39, 0.29) is 69.6 Å². The Morgan fingerprint density at radius 1 is 0.698 bits per heavy atom. The van der Waals surface area contributed by atoms with Crippen molar-refractivity contribution in [1.82, 2.24) is 19.8 Å². The van der Waals surface area contributed by atoms with E-state index in [0.717, 1.165) is 38.8 Å². The number of fused-ring (bicyclic) bond motifs is 2. The first kappa shape index (κ1) is 38.2. The monoisotopic (exact) mass is 754 g/mol. The SMILES string of the molecule is Cc1c(F)c(N2CCNC(C)C2)cc2c1c(=O)c(C(=O)O)cn2C1CC1.Cc1c(F)c(N2CCNC(C)C2)cc2c1c(=O)c(C(=O)O)cn2C1CC1.Cl. The van der Waals surface area contributed by atoms with Crippen LogP contribution in [0.4, 0.5) is 20.2 Å². The third-order valence-electron chi connectivity index (χ3n) is 10.7. The van der Waals surface area contributed by atoms with Crippen LogP contribution in [0.5, 0.6) is 0 Å². The highest BCUT2D eigenvalue weighted by Gasteiger charge is 2.31. The first-order valence-electron chi connectivity index (χ1n) is 18.0. The summed E-state index contributed by atoms with van der Waals surface area (Å²) in [5, 5.41) is 25.8. The summed E-state index contributed by atoms with van der Waals surface area (Å²) in [5.41, 5.74) is 0.871. The van der Waals surface area contributed by atoms with Gasteiger partial charge in [-0.25, -0.2) is 18.4 Å². The van der Waals surface area contributed by atoms with Crippen molar-refractivity contribution in [1.29, 1.82) is 0 Å². The van der Waals surface area contributed by atoms with Crippen LogP contribution < -0.4 is 31.3 Å². The van der Waals surface area contributed by atoms with Gasteiger partial charge in [0.15, 0.2) is 0 Å². The molecule has 12 nitrogen and oxygen atoms in total. The van der Waals surface area contributed by atoms with Crippen molar-refractivity contribution in [2.45, 2.75) is 77.5 Å². The Balaban J connectivity index is 0.000000178. The van der Waals surface area contributed by atoms with Gasteiger partial charge in [0, 0.05) is 87.0 Å². The fourth-order valence-electron chi connectivity index (χ4n) is 7.68. The average Bonchev–Trinajstić information content (AvgIpc) is 4.03. The molecule has 4 N–H and O–H groups in total. The molecule has 8 rings (SSSR count). The summed E-state index contributed by atoms with van der Waals surface area (Å²) < 4.78 is 34.0. The molecule has 2 saturated heterocycles. The minimum Gasteiger partial charge on any atom is -0.477 e. The number of hydrogen-bond acceptors (Lipinski definition) is 8. The molecule has 53 heavy (non-hydrogen) atoms. The van der Waals surface area contributed by atoms with Gasteiger partial charge in [-0.3, -0.25) is 9.59 Å². The van der Waals surface area contributed by atoms with Gasteiger partial charge in [-0.15, -0.1) is 12.4 Å². The van der Waals surface area contributed by atoms with Crippen LogP contribution in [0.1, 0.15) is 83.5 Å². The number of carboxylic acid groups (broad SMARTS) is 2. The first-order valence-corrected chi connectivity index (χ1v) is 18.0. The summed E-state index contributed by atoms with van der Waals surface area (Å²) >= 11 is 0. The molecule has 4 heterocycles. The number of carboxylic acids is 2. The number of hydrogen-bond donors (Lipinski definition) is 4. The summed E-state index contributed by atoms with van der Waals surface area (Å²) in [6.07, 6.45) is 6.60. The van der Waals surface area contributed by atoms with E-state index in [1.807, 2.05) is 18.9 Å². The number of halogens is 3. The van der Waals surface area contributed by atoms with E-state index in [2.05, 4.69) is 24.5 Å². The Morgan fingerprint density at radius 3 is 1.36 bits per heavy atom. The maximum absolute atomic E-state index is 15.1. The molecular weight excluding hydrogens is 710 g/mol. The van der Waals surface area contributed by atoms with Crippen LogP contribution in [-0.2, 0) is 0 Å². The van der Waals surface area contributed by atoms with Crippen LogP contribution in [0.3, 0.4) is 0 Å². The zero-order valence-electron chi connectivity index (χ0n) is 30.2. The van der Waals surface area contributed by atoms with Gasteiger partial charge in [-0.2, -0.15) is 0 Å². The third kappa shape index (κ3) is 7.11. The summed E-state index contributed by atoms with van der Waals surface area (Å²) in [6, 6.07) is 4.30. The number of pyridine rings is 2. The van der Waals surface area contributed by atoms with Crippen LogP contribution in [0.15, 0.2) is 34.1 Å². The van der Waals surface area contributed by atoms with Gasteiger partial charge in [-0.05, 0) is 65.5 Å². The standard InChI is InChI=1S/2C19H22FN3O3.ClH/c2*1-10-8-22(6-5-21-10)15-7-14-16(11(2)17(15)20)18(24)13(19(25)26)9-23(14)12-3-4-12;/h2*7,9-10,12,21H,3-6,8H2,1-2H3,(H,25,26);1H. The zero-order chi connectivity index (χ0) is 37.2. The van der Waals surface area contributed by atoms with Gasteiger partial charge < -0.3 is 39.8 Å². The maximum Gasteiger partial charge on any atom is 0.341 e. The van der Waals surface area contributed by atoms with Crippen LogP contribution in [0.2, 0.25) is 0 Å². The van der Waals surface area contributed by atoms with Crippen LogP contribution in [0.25, 0.3) is 21.8 Å². The Hall–Kier alpha value is -4.53. The molecule has 0 amide bonds. The molecule has 0 radical (unpaired) electrons. The van der Waals surface area contributed by atoms with E-state index in [1.54, 1.807) is 26.0 Å². The number of anilines is 2. The van der Waals surface area contributed by atoms with Crippen LogP contribution >= 0.6 is 12.4 Å². The van der Waals surface area contributed by atoms with Gasteiger partial charge in [0.1, 0.15) is 22.8 Å². The second-order valence-corrected chi connectivity index (χ2v) is 14.7. The summed E-state index contributed by atoms with van der Waals surface area (Å²) in [7, 11) is 0. The van der Waals surface area contributed by atoms with Crippen molar-refractivity contribution in [2.75, 3.05) is 49.1 Å². The van der Waals surface area contributed by atoms with Crippen LogP contribution in [-0.4, -0.2) is 82.6 Å². The van der Waals surface area contributed by atoms with Crippen molar-refractivity contribution in [3.63, 3.8) is 0 Å². The molecular formula is C38H45ClF2N6O6. The zero-order valence-corrected chi connectivity index (χ0v) is 31.0. The molecule has 2 aromatic heterocycles. The molecule has 0 spiro atoms. The van der Waals surface area contributed by atoms with Crippen molar-refractivity contribution < 1.29 is 28.6 Å². The maximum atomic E-state index is 15.1. The predicted molar refractivity (Wildman–Crippen MR) is 203 cm³/mol. The smallest absolute Gasteiger partial charge is 0.341 e. The molecule has 4 fully saturated rings. The Kier molecular flexibility index (Phi) is 10.6. The van der Waals surface area contributed by atoms with Gasteiger partial charge in [0.25, 0.3) is 0 Å². The molecule has 2 aromatic carbocycles. The Labute approximate surface area is 310 Å². The fourth-order valence-corrected chi connectivity index (χ4v) is 7.68. The van der Waals surface area contributed by atoms with E-state index in [0.29, 0.717) is 48.6 Å². The quantitative estimate of drug-likeness (QED) is 0.212. The topological polar surface area (TPSA) is 149 Å². The largest absolute Gasteiger partial charge is 0.477 e. The lowest BCUT2D eigenvalue weighted by Crippen LogP contribution is -2.49. The van der Waals surface area contributed by atoms with Crippen molar-refractivity contribution in [3.05, 3.63) is 78.9 Å². The number of aromatic carboxylic acids is 2. The van der Waals surface area contributed by atoms with Crippen molar-refractivity contribution in [3.8, 4) is 0 Å². The Bertz CT molecular complexity index is 2090. The third-order valence-corrected chi connectivity index (χ3v) is 10.7. The Morgan fingerprint density at radius 2 is 1.06 bits per heavy atom. The minimum atomic E-state index is -1.27. The van der Waals surface area contributed by atoms with Gasteiger partial charge in [0.2, 0.25) is 10.9 Å². The van der Waals surface area contributed by atoms with Crippen molar-refractivity contribution in [2.24, 2.45) is 0 Å². The molecule has 2 aliphatic heterocycles. The summed E-state index contributed by atoms with van der Waals surface area (Å²) in [4.78, 5) is 52.3. The van der Waals surface area contributed by atoms with Gasteiger partial charge >= 0.3 is 11.9 Å². The number of carbonyl (C=O) groups is 2. The molecule has 2 aliphatic carbocycles. The van der Waals surface area contributed by atoms with Gasteiger partial charge in [-0.1, -0.05) is 0 Å². The predicted octanol–water partition coefficient (Wildman–Crippen LogP) is 4.98. The first-order chi connectivity index (χ1) is 24.8. The van der Waals surface area contributed by atoms with Gasteiger partial charge in [0.05, 0.1) is 33.2 Å². The highest BCUT2D eigenvalue weighted by atomic mass is 35.5. The lowest BCUT2D eigenvalue weighted by Gasteiger charge is -2.34. The van der Waals surface area contributed by atoms with E-state index in [4.69, 9.17) is 0 Å². The molecule has 15 heteroatoms. The number of nitrogens with zero attached hydrogens (tertiary/aromatic N) is 4. The number of piperazine rings is 2. The highest BCUT2D eigenvalue weighted by molar-refractivity contribution is 5.96. The number of nitrogens with one attached hydrogen (secondary N) is 2. The molecule has 0 bridgehead atoms. The minimum absolute atomic E-state index is 0. The molecule has 2 unspecified atom stereocenters. The second kappa shape index (κ2) is 14.7. The highest BCUT2D eigenvalue weighted by Crippen LogP contribution is 2.40. The molecule has 2 saturated carbocycles. The molecule has 4 aliphatic rings. The lowest BCUT2D eigenvalue weighted by molar-refractivity contribution is 0.0684. The number of rotatable bonds is 6. The number of benzene rings is 2. The summed E-state index contributed by atoms with van der Waals surface area (Å²) in [6.45, 7) is 11.5. The number of aryl methyl sites for hydroxylation is 2.